The quantitative estimate of drug-likeness (QED) is 0.786. The molecule has 2 N–H and O–H groups in total. The van der Waals surface area contributed by atoms with E-state index < -0.39 is 6.10 Å². The molecule has 0 saturated heterocycles. The molecule has 2 aromatic rings. The third kappa shape index (κ3) is 2.28. The van der Waals surface area contributed by atoms with Gasteiger partial charge in [-0.25, -0.2) is 0 Å². The number of hydrogen-bond acceptors (Lipinski definition) is 1. The van der Waals surface area contributed by atoms with Gasteiger partial charge in [-0.1, -0.05) is 24.3 Å². The Kier molecular flexibility index (Phi) is 2.88. The minimum Gasteiger partial charge on any atom is -0.388 e. The summed E-state index contributed by atoms with van der Waals surface area (Å²) in [5.74, 6) is 0. The Morgan fingerprint density at radius 1 is 1.27 bits per heavy atom. The highest BCUT2D eigenvalue weighted by Gasteiger charge is 2.09. The van der Waals surface area contributed by atoms with E-state index in [9.17, 15) is 5.11 Å². The van der Waals surface area contributed by atoms with E-state index >= 15 is 0 Å². The van der Waals surface area contributed by atoms with E-state index in [2.05, 4.69) is 24.0 Å². The Balaban J connectivity index is 2.13. The highest BCUT2D eigenvalue weighted by Crippen LogP contribution is 2.19. The van der Waals surface area contributed by atoms with Crippen LogP contribution in [-0.4, -0.2) is 10.1 Å². The minimum atomic E-state index is -0.419. The van der Waals surface area contributed by atoms with Gasteiger partial charge in [0.2, 0.25) is 0 Å². The zero-order valence-corrected chi connectivity index (χ0v) is 8.77. The Bertz CT molecular complexity index is 420. The number of benzene rings is 1. The summed E-state index contributed by atoms with van der Waals surface area (Å²) in [6, 6.07) is 10.1. The predicted molar refractivity (Wildman–Crippen MR) is 60.6 cm³/mol. The van der Waals surface area contributed by atoms with Gasteiger partial charge < -0.3 is 10.1 Å². The third-order valence-corrected chi connectivity index (χ3v) is 2.68. The molecular formula is C13H15NO. The predicted octanol–water partition coefficient (Wildman–Crippen LogP) is 2.60. The first-order valence-corrected chi connectivity index (χ1v) is 5.12. The molecule has 0 aliphatic heterocycles. The lowest BCUT2D eigenvalue weighted by Gasteiger charge is -2.10. The van der Waals surface area contributed by atoms with Crippen molar-refractivity contribution in [3.63, 3.8) is 0 Å². The summed E-state index contributed by atoms with van der Waals surface area (Å²) < 4.78 is 0. The van der Waals surface area contributed by atoms with E-state index in [-0.39, 0.29) is 0 Å². The maximum Gasteiger partial charge on any atom is 0.0845 e. The molecule has 0 aliphatic carbocycles. The number of aliphatic hydroxyl groups excluding tert-OH is 1. The van der Waals surface area contributed by atoms with E-state index in [4.69, 9.17) is 0 Å². The van der Waals surface area contributed by atoms with Gasteiger partial charge in [0.05, 0.1) is 6.10 Å². The summed E-state index contributed by atoms with van der Waals surface area (Å²) >= 11 is 0. The van der Waals surface area contributed by atoms with Crippen LogP contribution in [0.1, 0.15) is 22.8 Å². The maximum atomic E-state index is 9.97. The maximum absolute atomic E-state index is 9.97. The Hall–Kier alpha value is -1.54. The molecule has 2 nitrogen and oxygen atoms in total. The number of H-pyrrole nitrogens is 1. The lowest BCUT2D eigenvalue weighted by atomic mass is 10.00. The van der Waals surface area contributed by atoms with Crippen molar-refractivity contribution in [2.75, 3.05) is 0 Å². The molecule has 2 rings (SSSR count). The van der Waals surface area contributed by atoms with Gasteiger partial charge in [0.25, 0.3) is 0 Å². The average molecular weight is 201 g/mol. The number of aromatic nitrogens is 1. The van der Waals surface area contributed by atoms with Crippen molar-refractivity contribution < 1.29 is 5.11 Å². The first-order chi connectivity index (χ1) is 7.27. The van der Waals surface area contributed by atoms with Crippen molar-refractivity contribution in [2.45, 2.75) is 19.4 Å². The highest BCUT2D eigenvalue weighted by atomic mass is 16.3. The number of hydrogen-bond donors (Lipinski definition) is 2. The fourth-order valence-electron chi connectivity index (χ4n) is 1.71. The Morgan fingerprint density at radius 2 is 2.07 bits per heavy atom. The molecule has 0 aliphatic rings. The topological polar surface area (TPSA) is 36.0 Å². The molecule has 1 heterocycles. The van der Waals surface area contributed by atoms with E-state index in [0.29, 0.717) is 6.42 Å². The van der Waals surface area contributed by atoms with Crippen molar-refractivity contribution in [3.05, 3.63) is 59.4 Å². The van der Waals surface area contributed by atoms with Crippen LogP contribution in [-0.2, 0) is 6.42 Å². The molecule has 0 radical (unpaired) electrons. The van der Waals surface area contributed by atoms with Crippen molar-refractivity contribution >= 4 is 0 Å². The molecule has 1 unspecified atom stereocenters. The molecule has 2 heteroatoms. The van der Waals surface area contributed by atoms with Crippen LogP contribution >= 0.6 is 0 Å². The molecule has 0 saturated carbocycles. The third-order valence-electron chi connectivity index (χ3n) is 2.68. The fraction of sp³-hybridized carbons (Fsp3) is 0.231. The van der Waals surface area contributed by atoms with Gasteiger partial charge in [-0.15, -0.1) is 0 Å². The average Bonchev–Trinajstić information content (AvgIpc) is 2.74. The molecule has 78 valence electrons. The minimum absolute atomic E-state index is 0.419. The van der Waals surface area contributed by atoms with Crippen LogP contribution < -0.4 is 0 Å². The number of rotatable bonds is 3. The fourth-order valence-corrected chi connectivity index (χ4v) is 1.71. The van der Waals surface area contributed by atoms with Gasteiger partial charge in [0.15, 0.2) is 0 Å². The molecule has 0 amide bonds. The second kappa shape index (κ2) is 4.32. The van der Waals surface area contributed by atoms with Gasteiger partial charge in [-0.2, -0.15) is 0 Å². The molecule has 1 aromatic carbocycles. The first-order valence-electron chi connectivity index (χ1n) is 5.12. The zero-order valence-electron chi connectivity index (χ0n) is 8.77. The Morgan fingerprint density at radius 3 is 2.73 bits per heavy atom. The summed E-state index contributed by atoms with van der Waals surface area (Å²) in [7, 11) is 0. The smallest absolute Gasteiger partial charge is 0.0845 e. The molecule has 1 aromatic heterocycles. The van der Waals surface area contributed by atoms with Crippen LogP contribution in [0.15, 0.2) is 42.7 Å². The molecule has 0 fully saturated rings. The molecular weight excluding hydrogens is 186 g/mol. The number of aliphatic hydroxyl groups is 1. The van der Waals surface area contributed by atoms with Crippen LogP contribution in [0.2, 0.25) is 0 Å². The molecule has 15 heavy (non-hydrogen) atoms. The summed E-state index contributed by atoms with van der Waals surface area (Å²) in [4.78, 5) is 2.95. The number of aryl methyl sites for hydroxylation is 1. The van der Waals surface area contributed by atoms with Gasteiger partial charge in [-0.3, -0.25) is 0 Å². The highest BCUT2D eigenvalue weighted by molar-refractivity contribution is 5.27. The second-order valence-corrected chi connectivity index (χ2v) is 3.79. The zero-order chi connectivity index (χ0) is 10.7. The normalized spacial score (nSPS) is 12.7. The van der Waals surface area contributed by atoms with Crippen molar-refractivity contribution in [1.29, 1.82) is 0 Å². The summed E-state index contributed by atoms with van der Waals surface area (Å²) in [6.45, 7) is 2.07. The van der Waals surface area contributed by atoms with Crippen molar-refractivity contribution in [3.8, 4) is 0 Å². The van der Waals surface area contributed by atoms with Crippen LogP contribution in [0, 0.1) is 6.92 Å². The Labute approximate surface area is 89.6 Å². The van der Waals surface area contributed by atoms with E-state index in [1.54, 1.807) is 0 Å². The van der Waals surface area contributed by atoms with E-state index in [1.165, 1.54) is 11.1 Å². The standard InChI is InChI=1S/C13H15NO/c1-10-4-2-3-5-11(10)8-13(15)12-6-7-14-9-12/h2-7,9,13-15H,8H2,1H3. The van der Waals surface area contributed by atoms with Crippen LogP contribution in [0.3, 0.4) is 0 Å². The van der Waals surface area contributed by atoms with Crippen LogP contribution in [0.5, 0.6) is 0 Å². The summed E-state index contributed by atoms with van der Waals surface area (Å²) in [5.41, 5.74) is 3.37. The lowest BCUT2D eigenvalue weighted by Crippen LogP contribution is -2.01. The summed E-state index contributed by atoms with van der Waals surface area (Å²) in [6.07, 6.45) is 3.92. The molecule has 0 bridgehead atoms. The second-order valence-electron chi connectivity index (χ2n) is 3.79. The molecule has 0 spiro atoms. The van der Waals surface area contributed by atoms with Gasteiger partial charge >= 0.3 is 0 Å². The van der Waals surface area contributed by atoms with Crippen LogP contribution in [0.4, 0.5) is 0 Å². The largest absolute Gasteiger partial charge is 0.388 e. The SMILES string of the molecule is Cc1ccccc1CC(O)c1cc[nH]c1. The van der Waals surface area contributed by atoms with E-state index in [0.717, 1.165) is 5.56 Å². The van der Waals surface area contributed by atoms with Gasteiger partial charge in [0, 0.05) is 18.8 Å². The first kappa shape index (κ1) is 9.99. The van der Waals surface area contributed by atoms with Gasteiger partial charge in [-0.05, 0) is 29.7 Å². The molecule has 1 atom stereocenters. The lowest BCUT2D eigenvalue weighted by molar-refractivity contribution is 0.178. The van der Waals surface area contributed by atoms with Crippen molar-refractivity contribution in [1.82, 2.24) is 4.98 Å². The van der Waals surface area contributed by atoms with Crippen molar-refractivity contribution in [2.24, 2.45) is 0 Å². The summed E-state index contributed by atoms with van der Waals surface area (Å²) in [5, 5.41) is 9.97. The van der Waals surface area contributed by atoms with E-state index in [1.807, 2.05) is 30.6 Å². The van der Waals surface area contributed by atoms with Crippen LogP contribution in [0.25, 0.3) is 0 Å². The number of nitrogens with one attached hydrogen (secondary N) is 1. The number of aromatic amines is 1. The monoisotopic (exact) mass is 201 g/mol. The van der Waals surface area contributed by atoms with Gasteiger partial charge in [0.1, 0.15) is 0 Å².